The molecule has 0 bridgehead atoms. The molecule has 28 heavy (non-hydrogen) atoms. The lowest BCUT2D eigenvalue weighted by atomic mass is 9.96. The van der Waals surface area contributed by atoms with Gasteiger partial charge in [0.25, 0.3) is 0 Å². The maximum absolute atomic E-state index is 12.6. The maximum atomic E-state index is 12.6. The minimum atomic E-state index is -5.91. The molecule has 0 amide bonds. The summed E-state index contributed by atoms with van der Waals surface area (Å²) < 4.78 is 70.0. The van der Waals surface area contributed by atoms with E-state index in [1.807, 2.05) is 0 Å². The van der Waals surface area contributed by atoms with Gasteiger partial charge >= 0.3 is 21.6 Å². The third-order valence-electron chi connectivity index (χ3n) is 3.75. The van der Waals surface area contributed by atoms with Crippen molar-refractivity contribution >= 4 is 16.1 Å². The first kappa shape index (κ1) is 21.5. The third kappa shape index (κ3) is 5.38. The molecule has 2 rings (SSSR count). The van der Waals surface area contributed by atoms with E-state index in [9.17, 15) is 31.5 Å². The third-order valence-corrected chi connectivity index (χ3v) is 4.73. The molecule has 1 unspecified atom stereocenters. The lowest BCUT2D eigenvalue weighted by Crippen LogP contribution is -2.28. The van der Waals surface area contributed by atoms with Crippen molar-refractivity contribution in [3.63, 3.8) is 0 Å². The molecule has 0 radical (unpaired) electrons. The zero-order chi connectivity index (χ0) is 20.9. The number of carbonyl (C=O) groups is 1. The molecule has 0 heterocycles. The van der Waals surface area contributed by atoms with E-state index in [2.05, 4.69) is 4.18 Å². The Labute approximate surface area is 159 Å². The van der Waals surface area contributed by atoms with Gasteiger partial charge in [-0.1, -0.05) is 37.3 Å². The minimum Gasteiger partial charge on any atom is -0.489 e. The summed E-state index contributed by atoms with van der Waals surface area (Å²) in [5.41, 5.74) is -4.80. The predicted octanol–water partition coefficient (Wildman–Crippen LogP) is 4.07. The molecule has 2 aromatic rings. The SMILES string of the molecule is CCC(C(=O)O)c1cc(OCc2ccccc2)cc(OS(=O)(=O)C(F)(F)F)c1. The van der Waals surface area contributed by atoms with Gasteiger partial charge in [0.15, 0.2) is 0 Å². The van der Waals surface area contributed by atoms with E-state index in [0.29, 0.717) is 0 Å². The summed E-state index contributed by atoms with van der Waals surface area (Å²) in [6.45, 7) is 1.61. The summed E-state index contributed by atoms with van der Waals surface area (Å²) in [6, 6.07) is 12.1. The van der Waals surface area contributed by atoms with Crippen LogP contribution in [-0.4, -0.2) is 25.0 Å². The molecular weight excluding hydrogens is 401 g/mol. The standard InChI is InChI=1S/C18H17F3O6S/c1-2-16(17(22)23)13-8-14(26-11-12-6-4-3-5-7-12)10-15(9-13)27-28(24,25)18(19,20)21/h3-10,16H,2,11H2,1H3,(H,22,23). The largest absolute Gasteiger partial charge is 0.534 e. The van der Waals surface area contributed by atoms with E-state index in [1.54, 1.807) is 37.3 Å². The lowest BCUT2D eigenvalue weighted by Gasteiger charge is -2.16. The Bertz CT molecular complexity index is 926. The molecule has 1 N–H and O–H groups in total. The van der Waals surface area contributed by atoms with Crippen molar-refractivity contribution < 1.29 is 40.4 Å². The van der Waals surface area contributed by atoms with E-state index in [-0.39, 0.29) is 24.3 Å². The molecule has 0 aromatic heterocycles. The Morgan fingerprint density at radius 1 is 1.11 bits per heavy atom. The first-order valence-corrected chi connectivity index (χ1v) is 9.49. The van der Waals surface area contributed by atoms with Crippen molar-refractivity contribution in [3.8, 4) is 11.5 Å². The zero-order valence-electron chi connectivity index (χ0n) is 14.6. The first-order chi connectivity index (χ1) is 13.0. The van der Waals surface area contributed by atoms with Crippen molar-refractivity contribution in [2.75, 3.05) is 0 Å². The van der Waals surface area contributed by atoms with Gasteiger partial charge in [0, 0.05) is 6.07 Å². The number of alkyl halides is 3. The van der Waals surface area contributed by atoms with E-state index in [0.717, 1.165) is 17.7 Å². The Morgan fingerprint density at radius 3 is 2.25 bits per heavy atom. The number of benzene rings is 2. The molecule has 6 nitrogen and oxygen atoms in total. The van der Waals surface area contributed by atoms with Gasteiger partial charge in [0.1, 0.15) is 18.1 Å². The van der Waals surface area contributed by atoms with Crippen LogP contribution < -0.4 is 8.92 Å². The summed E-state index contributed by atoms with van der Waals surface area (Å²) in [6.07, 6.45) is 0.128. The van der Waals surface area contributed by atoms with Crippen molar-refractivity contribution in [2.45, 2.75) is 31.4 Å². The Balaban J connectivity index is 2.39. The molecule has 0 aliphatic carbocycles. The van der Waals surface area contributed by atoms with Crippen LogP contribution in [0.2, 0.25) is 0 Å². The Morgan fingerprint density at radius 2 is 1.71 bits per heavy atom. The van der Waals surface area contributed by atoms with Crippen LogP contribution in [0.3, 0.4) is 0 Å². The molecule has 0 aliphatic heterocycles. The molecule has 0 fully saturated rings. The second-order valence-electron chi connectivity index (χ2n) is 5.79. The van der Waals surface area contributed by atoms with Crippen LogP contribution in [-0.2, 0) is 21.5 Å². The number of carboxylic acids is 1. The molecule has 1 atom stereocenters. The summed E-state index contributed by atoms with van der Waals surface area (Å²) in [4.78, 5) is 11.4. The van der Waals surface area contributed by atoms with Gasteiger partial charge in [-0.3, -0.25) is 4.79 Å². The normalized spacial score (nSPS) is 13.0. The van der Waals surface area contributed by atoms with Crippen molar-refractivity contribution in [1.82, 2.24) is 0 Å². The smallest absolute Gasteiger partial charge is 0.489 e. The number of carboxylic acid groups (broad SMARTS) is 1. The molecule has 0 aliphatic rings. The van der Waals surface area contributed by atoms with Crippen LogP contribution in [0.25, 0.3) is 0 Å². The van der Waals surface area contributed by atoms with E-state index in [1.165, 1.54) is 6.07 Å². The highest BCUT2D eigenvalue weighted by atomic mass is 32.2. The average Bonchev–Trinajstić information content (AvgIpc) is 2.59. The number of hydrogen-bond acceptors (Lipinski definition) is 5. The maximum Gasteiger partial charge on any atom is 0.534 e. The highest BCUT2D eigenvalue weighted by molar-refractivity contribution is 7.88. The fourth-order valence-electron chi connectivity index (χ4n) is 2.39. The van der Waals surface area contributed by atoms with Gasteiger partial charge < -0.3 is 14.0 Å². The molecule has 152 valence electrons. The van der Waals surface area contributed by atoms with Crippen LogP contribution in [0, 0.1) is 0 Å². The minimum absolute atomic E-state index is 0.0200. The summed E-state index contributed by atoms with van der Waals surface area (Å²) in [5.74, 6) is -2.99. The van der Waals surface area contributed by atoms with Crippen LogP contribution in [0.15, 0.2) is 48.5 Å². The molecular formula is C18H17F3O6S. The highest BCUT2D eigenvalue weighted by Crippen LogP contribution is 2.33. The average molecular weight is 418 g/mol. The number of ether oxygens (including phenoxy) is 1. The van der Waals surface area contributed by atoms with Crippen LogP contribution in [0.4, 0.5) is 13.2 Å². The fourth-order valence-corrected chi connectivity index (χ4v) is 2.84. The van der Waals surface area contributed by atoms with Crippen LogP contribution in [0.1, 0.15) is 30.4 Å². The summed E-state index contributed by atoms with van der Waals surface area (Å²) >= 11 is 0. The molecule has 0 spiro atoms. The van der Waals surface area contributed by atoms with E-state index >= 15 is 0 Å². The van der Waals surface area contributed by atoms with Gasteiger partial charge in [0.2, 0.25) is 0 Å². The molecule has 0 saturated carbocycles. The number of rotatable bonds is 8. The second-order valence-corrected chi connectivity index (χ2v) is 7.33. The van der Waals surface area contributed by atoms with E-state index < -0.39 is 33.3 Å². The first-order valence-electron chi connectivity index (χ1n) is 8.08. The summed E-state index contributed by atoms with van der Waals surface area (Å²) in [7, 11) is -5.91. The zero-order valence-corrected chi connectivity index (χ0v) is 15.5. The number of aliphatic carboxylic acids is 1. The van der Waals surface area contributed by atoms with E-state index in [4.69, 9.17) is 4.74 Å². The predicted molar refractivity (Wildman–Crippen MR) is 93.5 cm³/mol. The van der Waals surface area contributed by atoms with Gasteiger partial charge in [-0.15, -0.1) is 0 Å². The van der Waals surface area contributed by atoms with Gasteiger partial charge in [-0.25, -0.2) is 0 Å². The van der Waals surface area contributed by atoms with Gasteiger partial charge in [0.05, 0.1) is 5.92 Å². The molecule has 2 aromatic carbocycles. The monoisotopic (exact) mass is 418 g/mol. The van der Waals surface area contributed by atoms with Gasteiger partial charge in [-0.05, 0) is 29.7 Å². The number of halogens is 3. The van der Waals surface area contributed by atoms with Crippen molar-refractivity contribution in [1.29, 1.82) is 0 Å². The molecule has 0 saturated heterocycles. The highest BCUT2D eigenvalue weighted by Gasteiger charge is 2.48. The number of hydrogen-bond donors (Lipinski definition) is 1. The second kappa shape index (κ2) is 8.51. The van der Waals surface area contributed by atoms with Crippen molar-refractivity contribution in [3.05, 3.63) is 59.7 Å². The Hall–Kier alpha value is -2.75. The Kier molecular flexibility index (Phi) is 6.55. The summed E-state index contributed by atoms with van der Waals surface area (Å²) in [5, 5.41) is 9.30. The topological polar surface area (TPSA) is 89.9 Å². The quantitative estimate of drug-likeness (QED) is 0.513. The lowest BCUT2D eigenvalue weighted by molar-refractivity contribution is -0.138. The van der Waals surface area contributed by atoms with Crippen molar-refractivity contribution in [2.24, 2.45) is 0 Å². The van der Waals surface area contributed by atoms with Crippen LogP contribution >= 0.6 is 0 Å². The van der Waals surface area contributed by atoms with Gasteiger partial charge in [-0.2, -0.15) is 21.6 Å². The molecule has 10 heteroatoms. The fraction of sp³-hybridized carbons (Fsp3) is 0.278. The van der Waals surface area contributed by atoms with Crippen LogP contribution in [0.5, 0.6) is 11.5 Å².